The minimum absolute atomic E-state index is 0. The second-order valence-corrected chi connectivity index (χ2v) is 12.2. The average Bonchev–Trinajstić information content (AvgIpc) is 3.44. The maximum absolute atomic E-state index is 13.1. The van der Waals surface area contributed by atoms with Crippen LogP contribution in [-0.2, 0) is 44.5 Å². The van der Waals surface area contributed by atoms with Crippen molar-refractivity contribution in [1.82, 2.24) is 9.47 Å². The Morgan fingerprint density at radius 3 is 2.23 bits per heavy atom. The van der Waals surface area contributed by atoms with E-state index in [0.29, 0.717) is 11.4 Å². The number of thiocarbonyl (C=S) groups is 1. The number of carbonyl (C=O) groups excluding carboxylic acids is 3. The van der Waals surface area contributed by atoms with E-state index in [1.54, 1.807) is 29.2 Å². The molecule has 0 saturated carbocycles. The van der Waals surface area contributed by atoms with E-state index in [2.05, 4.69) is 0 Å². The molecule has 2 aliphatic rings. The van der Waals surface area contributed by atoms with Gasteiger partial charge in [-0.25, -0.2) is 8.42 Å². The SMILES string of the molecule is O=C([O-])CN1C(=O)/C(=c2/sc(=CC=C3Oc4ccccc4N3CCCS(=O)(=O)[O-])c(=O)n2CC(=O)[O-])SC1=S.[K+].[K+].[K+].[S-2]. The number of carboxylic acid groups (broad SMARTS) is 2. The zero-order valence-electron chi connectivity index (χ0n) is 23.0. The quantitative estimate of drug-likeness (QED) is 0.133. The molecule has 0 spiro atoms. The molecule has 0 N–H and O–H groups in total. The van der Waals surface area contributed by atoms with Gasteiger partial charge in [0.2, 0.25) is 5.88 Å². The van der Waals surface area contributed by atoms with E-state index in [9.17, 15) is 42.4 Å². The van der Waals surface area contributed by atoms with Crippen LogP contribution in [0, 0.1) is 0 Å². The van der Waals surface area contributed by atoms with Gasteiger partial charge in [-0.2, -0.15) is 0 Å². The van der Waals surface area contributed by atoms with E-state index in [1.807, 2.05) is 0 Å². The molecule has 0 atom stereocenters. The van der Waals surface area contributed by atoms with Gasteiger partial charge >= 0.3 is 154 Å². The molecule has 0 bridgehead atoms. The van der Waals surface area contributed by atoms with E-state index >= 15 is 0 Å². The van der Waals surface area contributed by atoms with Gasteiger partial charge in [-0.3, -0.25) is 19.1 Å². The molecule has 2 aromatic rings. The number of nitrogens with zero attached hydrogens (tertiary/aromatic N) is 3. The van der Waals surface area contributed by atoms with Gasteiger partial charge in [0.15, 0.2) is 5.75 Å². The molecule has 1 fully saturated rings. The Morgan fingerprint density at radius 1 is 1.00 bits per heavy atom. The fourth-order valence-electron chi connectivity index (χ4n) is 3.72. The summed E-state index contributed by atoms with van der Waals surface area (Å²) in [6.07, 6.45) is 2.75. The Hall–Kier alpha value is 1.75. The molecule has 0 aliphatic carbocycles. The number of benzene rings is 1. The van der Waals surface area contributed by atoms with Crippen LogP contribution in [0.1, 0.15) is 6.42 Å². The summed E-state index contributed by atoms with van der Waals surface area (Å²) >= 11 is 6.56. The molecule has 21 heteroatoms. The fraction of sp³-hybridized carbons (Fsp3) is 0.227. The molecule has 1 aromatic carbocycles. The van der Waals surface area contributed by atoms with Crippen molar-refractivity contribution in [3.8, 4) is 5.75 Å². The van der Waals surface area contributed by atoms with Gasteiger partial charge in [0, 0.05) is 18.4 Å². The summed E-state index contributed by atoms with van der Waals surface area (Å²) in [5.74, 6) is -3.90. The molecule has 1 saturated heterocycles. The molecular weight excluding hydrogens is 744 g/mol. The number of carboxylic acids is 2. The number of para-hydroxylation sites is 2. The number of allylic oxidation sites excluding steroid dienone is 1. The van der Waals surface area contributed by atoms with Crippen LogP contribution >= 0.6 is 35.3 Å². The van der Waals surface area contributed by atoms with E-state index in [0.717, 1.165) is 32.6 Å². The molecule has 0 radical (unpaired) electrons. The molecule has 2 aliphatic heterocycles. The van der Waals surface area contributed by atoms with Gasteiger partial charge in [-0.05, 0) is 24.6 Å². The second-order valence-electron chi connectivity index (χ2n) is 8.00. The number of thioether (sulfide) groups is 1. The molecule has 1 aromatic heterocycles. The average molecular weight is 760 g/mol. The Morgan fingerprint density at radius 2 is 1.63 bits per heavy atom. The molecular formula is C22H16K3N3O10S5-2. The summed E-state index contributed by atoms with van der Waals surface area (Å²) in [5, 5.41) is 22.4. The first-order chi connectivity index (χ1) is 18.4. The van der Waals surface area contributed by atoms with Crippen molar-refractivity contribution < 1.29 is 196 Å². The fourth-order valence-corrected chi connectivity index (χ4v) is 6.66. The Kier molecular flexibility index (Phi) is 20.5. The molecule has 13 nitrogen and oxygen atoms in total. The number of aliphatic carboxylic acids is 2. The van der Waals surface area contributed by atoms with Crippen LogP contribution in [0.2, 0.25) is 0 Å². The number of ether oxygens (including phenoxy) is 1. The van der Waals surface area contributed by atoms with Gasteiger partial charge in [0.25, 0.3) is 11.5 Å². The molecule has 4 rings (SSSR count). The monoisotopic (exact) mass is 759 g/mol. The van der Waals surface area contributed by atoms with E-state index < -0.39 is 52.4 Å². The number of hydrogen-bond donors (Lipinski definition) is 0. The molecule has 3 heterocycles. The Bertz CT molecular complexity index is 1730. The number of rotatable bonds is 9. The number of aromatic nitrogens is 1. The third kappa shape index (κ3) is 11.7. The number of fused-ring (bicyclic) bond motifs is 1. The first-order valence-corrected chi connectivity index (χ1v) is 14.5. The predicted octanol–water partition coefficient (Wildman–Crippen LogP) is -12.2. The largest absolute Gasteiger partial charge is 2.00 e. The third-order valence-electron chi connectivity index (χ3n) is 5.32. The number of hydrogen-bond acceptors (Lipinski definition) is 14. The van der Waals surface area contributed by atoms with E-state index in [4.69, 9.17) is 17.0 Å². The minimum atomic E-state index is -4.43. The summed E-state index contributed by atoms with van der Waals surface area (Å²) in [7, 11) is -4.43. The van der Waals surface area contributed by atoms with Gasteiger partial charge in [-0.1, -0.05) is 36.1 Å². The van der Waals surface area contributed by atoms with E-state index in [-0.39, 0.29) is 205 Å². The van der Waals surface area contributed by atoms with Crippen molar-refractivity contribution in [1.29, 1.82) is 0 Å². The van der Waals surface area contributed by atoms with Gasteiger partial charge in [0.1, 0.15) is 13.9 Å². The van der Waals surface area contributed by atoms with Crippen LogP contribution in [-0.4, -0.2) is 63.4 Å². The normalized spacial score (nSPS) is 16.5. The number of amides is 1. The second kappa shape index (κ2) is 19.7. The smallest absolute Gasteiger partial charge is 1.00 e. The van der Waals surface area contributed by atoms with Crippen molar-refractivity contribution in [2.45, 2.75) is 13.0 Å². The molecule has 0 unspecified atom stereocenters. The van der Waals surface area contributed by atoms with Crippen molar-refractivity contribution in [3.63, 3.8) is 0 Å². The zero-order chi connectivity index (χ0) is 28.5. The molecule has 1 amide bonds. The summed E-state index contributed by atoms with van der Waals surface area (Å²) in [6.45, 7) is -1.58. The van der Waals surface area contributed by atoms with Crippen LogP contribution in [0.5, 0.6) is 5.75 Å². The van der Waals surface area contributed by atoms with Crippen LogP contribution in [0.4, 0.5) is 5.69 Å². The van der Waals surface area contributed by atoms with Crippen LogP contribution < -0.4 is 189 Å². The maximum atomic E-state index is 13.1. The Labute approximate surface area is 393 Å². The first kappa shape index (κ1) is 44.7. The summed E-state index contributed by atoms with van der Waals surface area (Å²) < 4.78 is 39.6. The number of thiazole rings is 1. The maximum Gasteiger partial charge on any atom is 1.00 e. The zero-order valence-corrected chi connectivity index (χ0v) is 36.4. The van der Waals surface area contributed by atoms with Gasteiger partial charge < -0.3 is 47.5 Å². The number of anilines is 1. The van der Waals surface area contributed by atoms with Crippen LogP contribution in [0.15, 0.2) is 41.0 Å². The topological polar surface area (TPSA) is 192 Å². The summed E-state index contributed by atoms with van der Waals surface area (Å²) in [4.78, 5) is 50.5. The molecule has 43 heavy (non-hydrogen) atoms. The van der Waals surface area contributed by atoms with Crippen LogP contribution in [0.25, 0.3) is 11.0 Å². The third-order valence-corrected chi connectivity index (χ3v) is 8.82. The van der Waals surface area contributed by atoms with Crippen molar-refractivity contribution in [3.05, 3.63) is 55.8 Å². The first-order valence-electron chi connectivity index (χ1n) is 10.9. The van der Waals surface area contributed by atoms with Crippen LogP contribution in [0.3, 0.4) is 0 Å². The van der Waals surface area contributed by atoms with Gasteiger partial charge in [-0.15, -0.1) is 11.3 Å². The van der Waals surface area contributed by atoms with Gasteiger partial charge in [0.05, 0.1) is 45.4 Å². The minimum Gasteiger partial charge on any atom is -2.00 e. The number of carbonyl (C=O) groups is 3. The molecule has 214 valence electrons. The Balaban J connectivity index is 0.00000441. The summed E-state index contributed by atoms with van der Waals surface area (Å²) in [6, 6.07) is 6.85. The van der Waals surface area contributed by atoms with Crippen molar-refractivity contribution in [2.75, 3.05) is 23.7 Å². The van der Waals surface area contributed by atoms with E-state index in [1.165, 1.54) is 12.2 Å². The van der Waals surface area contributed by atoms with Crippen molar-refractivity contribution in [2.24, 2.45) is 0 Å². The standard InChI is InChI=1S/C22H19N3O10S4.3K.S/c26-16(27)10-24-19(30)14(37-21(24)18-20(31)25(11-17(28)29)22(36)38-18)6-7-15-23(8-3-9-39(32,33)34)12-4-1-2-5-13(12)35-15;;;;/h1-2,4-7H,3,8-11H2,(H,26,27)(H,28,29)(H,32,33,34);;;;/q;3*+1;-2/p-3/b14-6?,15-7?,21-18-;;;;. The predicted molar refractivity (Wildman–Crippen MR) is 147 cm³/mol. The summed E-state index contributed by atoms with van der Waals surface area (Å²) in [5.41, 5.74) is -0.160. The van der Waals surface area contributed by atoms with Crippen molar-refractivity contribution >= 4 is 97.8 Å².